The maximum atomic E-state index is 11.9. The molecule has 3 rings (SSSR count). The first-order valence-electron chi connectivity index (χ1n) is 7.41. The predicted molar refractivity (Wildman–Crippen MR) is 97.1 cm³/mol. The van der Waals surface area contributed by atoms with E-state index in [1.165, 1.54) is 6.08 Å². The summed E-state index contributed by atoms with van der Waals surface area (Å²) in [5.74, 6) is 0.461. The zero-order chi connectivity index (χ0) is 17.6. The summed E-state index contributed by atoms with van der Waals surface area (Å²) in [5.41, 5.74) is 1.55. The molecule has 5 nitrogen and oxygen atoms in total. The lowest BCUT2D eigenvalue weighted by Gasteiger charge is -1.98. The molecular weight excluding hydrogens is 361 g/mol. The molecule has 3 aromatic rings. The second-order valence-corrected chi connectivity index (χ2v) is 5.93. The smallest absolute Gasteiger partial charge is 0.246 e. The summed E-state index contributed by atoms with van der Waals surface area (Å²) in [4.78, 5) is 16.1. The van der Waals surface area contributed by atoms with Crippen LogP contribution in [-0.4, -0.2) is 16.0 Å². The van der Waals surface area contributed by atoms with Gasteiger partial charge >= 0.3 is 0 Å². The lowest BCUT2D eigenvalue weighted by molar-refractivity contribution is -0.116. The van der Waals surface area contributed by atoms with E-state index < -0.39 is 0 Å². The van der Waals surface area contributed by atoms with Gasteiger partial charge in [-0.1, -0.05) is 46.6 Å². The van der Waals surface area contributed by atoms with E-state index in [9.17, 15) is 4.79 Å². The van der Waals surface area contributed by atoms with Crippen molar-refractivity contribution in [2.24, 2.45) is 0 Å². The fourth-order valence-corrected chi connectivity index (χ4v) is 2.36. The molecule has 1 N–H and O–H groups in total. The maximum Gasteiger partial charge on any atom is 0.246 e. The molecule has 0 radical (unpaired) electrons. The Balaban J connectivity index is 1.58. The number of carbonyl (C=O) groups excluding carboxylic acids is 1. The van der Waals surface area contributed by atoms with Crippen LogP contribution in [0.2, 0.25) is 10.0 Å². The van der Waals surface area contributed by atoms with Crippen LogP contribution in [0.1, 0.15) is 11.5 Å². The third kappa shape index (κ3) is 4.68. The molecule has 0 aliphatic rings. The largest absolute Gasteiger partial charge is 0.343 e. The van der Waals surface area contributed by atoms with Crippen LogP contribution in [0, 0.1) is 0 Å². The first kappa shape index (κ1) is 17.2. The number of nitrogens with zero attached hydrogens (tertiary/aromatic N) is 2. The summed E-state index contributed by atoms with van der Waals surface area (Å²) >= 11 is 11.9. The molecule has 0 fully saturated rings. The Bertz CT molecular complexity index is 905. The second-order valence-electron chi connectivity index (χ2n) is 5.09. The molecule has 1 aromatic heterocycles. The standard InChI is InChI=1S/C18H13Cl2N3O2/c19-14-8-5-13(6-9-14)18-22-17(25-23-18)11-21-16(24)10-7-12-3-1-2-4-15(12)20/h1-10H,11H2,(H,21,24)/b10-7+. The summed E-state index contributed by atoms with van der Waals surface area (Å²) in [6, 6.07) is 14.3. The number of rotatable bonds is 5. The number of hydrogen-bond acceptors (Lipinski definition) is 4. The van der Waals surface area contributed by atoms with Gasteiger partial charge in [-0.15, -0.1) is 0 Å². The van der Waals surface area contributed by atoms with Gasteiger partial charge in [0.05, 0.1) is 6.54 Å². The minimum absolute atomic E-state index is 0.131. The summed E-state index contributed by atoms with van der Waals surface area (Å²) in [7, 11) is 0. The zero-order valence-electron chi connectivity index (χ0n) is 12.9. The number of benzene rings is 2. The van der Waals surface area contributed by atoms with E-state index in [1.54, 1.807) is 36.4 Å². The highest BCUT2D eigenvalue weighted by Crippen LogP contribution is 2.18. The number of halogens is 2. The van der Waals surface area contributed by atoms with Crippen molar-refractivity contribution < 1.29 is 9.32 Å². The van der Waals surface area contributed by atoms with Crippen LogP contribution in [0.3, 0.4) is 0 Å². The fourth-order valence-electron chi connectivity index (χ4n) is 2.04. The molecular formula is C18H13Cl2N3O2. The lowest BCUT2D eigenvalue weighted by Crippen LogP contribution is -2.20. The molecule has 7 heteroatoms. The molecule has 0 unspecified atom stereocenters. The third-order valence-electron chi connectivity index (χ3n) is 3.30. The topological polar surface area (TPSA) is 68.0 Å². The molecule has 0 aliphatic carbocycles. The Morgan fingerprint density at radius 1 is 1.12 bits per heavy atom. The van der Waals surface area contributed by atoms with Crippen molar-refractivity contribution >= 4 is 35.2 Å². The first-order valence-corrected chi connectivity index (χ1v) is 8.16. The van der Waals surface area contributed by atoms with Gasteiger partial charge in [0, 0.05) is 21.7 Å². The van der Waals surface area contributed by atoms with E-state index in [1.807, 2.05) is 18.2 Å². The molecule has 25 heavy (non-hydrogen) atoms. The van der Waals surface area contributed by atoms with Gasteiger partial charge in [0.1, 0.15) is 0 Å². The molecule has 0 saturated heterocycles. The first-order chi connectivity index (χ1) is 12.1. The van der Waals surface area contributed by atoms with Gasteiger partial charge in [0.15, 0.2) is 0 Å². The molecule has 1 heterocycles. The quantitative estimate of drug-likeness (QED) is 0.674. The summed E-state index contributed by atoms with van der Waals surface area (Å²) < 4.78 is 5.13. The predicted octanol–water partition coefficient (Wildman–Crippen LogP) is 4.37. The Labute approximate surface area is 154 Å². The molecule has 126 valence electrons. The van der Waals surface area contributed by atoms with Gasteiger partial charge in [0.25, 0.3) is 0 Å². The minimum atomic E-state index is -0.286. The average Bonchev–Trinajstić information content (AvgIpc) is 3.09. The van der Waals surface area contributed by atoms with Gasteiger partial charge in [0.2, 0.25) is 17.6 Å². The zero-order valence-corrected chi connectivity index (χ0v) is 14.5. The highest BCUT2D eigenvalue weighted by molar-refractivity contribution is 6.32. The van der Waals surface area contributed by atoms with Gasteiger partial charge < -0.3 is 9.84 Å². The Morgan fingerprint density at radius 3 is 2.64 bits per heavy atom. The Hall–Kier alpha value is -2.63. The number of amides is 1. The van der Waals surface area contributed by atoms with Gasteiger partial charge in [-0.05, 0) is 42.0 Å². The SMILES string of the molecule is O=C(/C=C/c1ccccc1Cl)NCc1nc(-c2ccc(Cl)cc2)no1. The van der Waals surface area contributed by atoms with E-state index in [0.717, 1.165) is 11.1 Å². The van der Waals surface area contributed by atoms with E-state index in [2.05, 4.69) is 15.5 Å². The molecule has 0 aliphatic heterocycles. The molecule has 2 aromatic carbocycles. The summed E-state index contributed by atoms with van der Waals surface area (Å²) in [6.45, 7) is 0.131. The number of carbonyl (C=O) groups is 1. The fraction of sp³-hybridized carbons (Fsp3) is 0.0556. The maximum absolute atomic E-state index is 11.9. The Morgan fingerprint density at radius 2 is 1.88 bits per heavy atom. The molecule has 0 spiro atoms. The van der Waals surface area contributed by atoms with Crippen molar-refractivity contribution in [3.05, 3.63) is 76.1 Å². The van der Waals surface area contributed by atoms with E-state index >= 15 is 0 Å². The van der Waals surface area contributed by atoms with Crippen LogP contribution in [0.4, 0.5) is 0 Å². The number of aromatic nitrogens is 2. The van der Waals surface area contributed by atoms with Crippen LogP contribution < -0.4 is 5.32 Å². The molecule has 0 saturated carbocycles. The monoisotopic (exact) mass is 373 g/mol. The summed E-state index contributed by atoms with van der Waals surface area (Å²) in [6.07, 6.45) is 3.04. The average molecular weight is 374 g/mol. The van der Waals surface area contributed by atoms with Gasteiger partial charge in [-0.25, -0.2) is 0 Å². The highest BCUT2D eigenvalue weighted by Gasteiger charge is 2.09. The minimum Gasteiger partial charge on any atom is -0.343 e. The van der Waals surface area contributed by atoms with Gasteiger partial charge in [-0.2, -0.15) is 4.98 Å². The van der Waals surface area contributed by atoms with Crippen molar-refractivity contribution in [2.75, 3.05) is 0 Å². The molecule has 0 bridgehead atoms. The van der Waals surface area contributed by atoms with Crippen LogP contribution in [0.25, 0.3) is 17.5 Å². The van der Waals surface area contributed by atoms with Crippen LogP contribution in [0.15, 0.2) is 59.1 Å². The van der Waals surface area contributed by atoms with Gasteiger partial charge in [-0.3, -0.25) is 4.79 Å². The second kappa shape index (κ2) is 7.96. The molecule has 1 amide bonds. The number of hydrogen-bond donors (Lipinski definition) is 1. The highest BCUT2D eigenvalue weighted by atomic mass is 35.5. The Kier molecular flexibility index (Phi) is 5.48. The lowest BCUT2D eigenvalue weighted by atomic mass is 10.2. The van der Waals surface area contributed by atoms with Crippen molar-refractivity contribution in [2.45, 2.75) is 6.54 Å². The van der Waals surface area contributed by atoms with Crippen LogP contribution >= 0.6 is 23.2 Å². The van der Waals surface area contributed by atoms with Crippen molar-refractivity contribution in [1.29, 1.82) is 0 Å². The van der Waals surface area contributed by atoms with Crippen molar-refractivity contribution in [3.63, 3.8) is 0 Å². The van der Waals surface area contributed by atoms with Crippen molar-refractivity contribution in [1.82, 2.24) is 15.5 Å². The third-order valence-corrected chi connectivity index (χ3v) is 3.90. The van der Waals surface area contributed by atoms with E-state index in [0.29, 0.717) is 21.8 Å². The molecule has 0 atom stereocenters. The van der Waals surface area contributed by atoms with E-state index in [-0.39, 0.29) is 12.5 Å². The van der Waals surface area contributed by atoms with Crippen LogP contribution in [0.5, 0.6) is 0 Å². The van der Waals surface area contributed by atoms with E-state index in [4.69, 9.17) is 27.7 Å². The summed E-state index contributed by atoms with van der Waals surface area (Å²) in [5, 5.41) is 7.77. The van der Waals surface area contributed by atoms with Crippen LogP contribution in [-0.2, 0) is 11.3 Å². The number of nitrogens with one attached hydrogen (secondary N) is 1. The normalized spacial score (nSPS) is 11.0. The van der Waals surface area contributed by atoms with Crippen molar-refractivity contribution in [3.8, 4) is 11.4 Å².